The summed E-state index contributed by atoms with van der Waals surface area (Å²) in [6.07, 6.45) is 8.18. The van der Waals surface area contributed by atoms with Crippen LogP contribution >= 0.6 is 0 Å². The van der Waals surface area contributed by atoms with E-state index in [-0.39, 0.29) is 11.9 Å². The molecule has 4 aromatic rings. The summed E-state index contributed by atoms with van der Waals surface area (Å²) in [5, 5.41) is 8.03. The van der Waals surface area contributed by atoms with Gasteiger partial charge in [-0.2, -0.15) is 5.10 Å². The topological polar surface area (TPSA) is 96.6 Å². The Bertz CT molecular complexity index is 1190. The van der Waals surface area contributed by atoms with Crippen molar-refractivity contribution in [3.8, 4) is 22.6 Å². The summed E-state index contributed by atoms with van der Waals surface area (Å²) in [5.41, 5.74) is 9.18. The molecule has 30 heavy (non-hydrogen) atoms. The Balaban J connectivity index is 1.52. The van der Waals surface area contributed by atoms with Gasteiger partial charge in [0.05, 0.1) is 29.8 Å². The molecule has 1 aromatic carbocycles. The van der Waals surface area contributed by atoms with Crippen molar-refractivity contribution in [3.63, 3.8) is 0 Å². The number of benzene rings is 1. The molecule has 152 valence electrons. The highest BCUT2D eigenvalue weighted by Crippen LogP contribution is 2.30. The van der Waals surface area contributed by atoms with E-state index in [9.17, 15) is 4.39 Å². The number of nitrogens with one attached hydrogen (secondary N) is 1. The van der Waals surface area contributed by atoms with E-state index in [1.807, 2.05) is 6.07 Å². The minimum Gasteiger partial charge on any atom is -0.355 e. The summed E-state index contributed by atoms with van der Waals surface area (Å²) in [7, 11) is 0. The third-order valence-electron chi connectivity index (χ3n) is 5.56. The van der Waals surface area contributed by atoms with Crippen molar-refractivity contribution in [2.75, 3.05) is 18.0 Å². The number of aromatic nitrogens is 5. The van der Waals surface area contributed by atoms with E-state index in [4.69, 9.17) is 10.7 Å². The predicted molar refractivity (Wildman–Crippen MR) is 114 cm³/mol. The second kappa shape index (κ2) is 7.79. The van der Waals surface area contributed by atoms with Gasteiger partial charge >= 0.3 is 0 Å². The number of nitrogens with zero attached hydrogens (tertiary/aromatic N) is 5. The number of anilines is 1. The Morgan fingerprint density at radius 2 is 1.97 bits per heavy atom. The summed E-state index contributed by atoms with van der Waals surface area (Å²) in [5.74, 6) is 0.510. The smallest absolute Gasteiger partial charge is 0.147 e. The van der Waals surface area contributed by atoms with Crippen molar-refractivity contribution in [1.29, 1.82) is 0 Å². The zero-order chi connectivity index (χ0) is 20.5. The number of aromatic amines is 1. The third-order valence-corrected chi connectivity index (χ3v) is 5.56. The molecule has 8 heteroatoms. The van der Waals surface area contributed by atoms with E-state index < -0.39 is 0 Å². The van der Waals surface area contributed by atoms with Gasteiger partial charge in [0.25, 0.3) is 0 Å². The lowest BCUT2D eigenvalue weighted by Crippen LogP contribution is -2.27. The van der Waals surface area contributed by atoms with Gasteiger partial charge in [-0.1, -0.05) is 12.1 Å². The molecule has 0 radical (unpaired) electrons. The lowest BCUT2D eigenvalue weighted by molar-refractivity contribution is 0.601. The standard InChI is InChI=1S/C22H22FN7/c23-17-6-2-1-5-15(17)22-16-10-18(26-12-19(16)28-29-22)20-11-25-13-21(27-20)30-8-3-4-14(24)7-9-30/h1-2,5-6,10-14H,3-4,7-9,24H2,(H,28,29)/t14-/m0/s1. The van der Waals surface area contributed by atoms with E-state index in [0.717, 1.165) is 49.1 Å². The SMILES string of the molecule is N[C@H]1CCCN(c2cncc(-c3cc4c(-c5ccccc5F)n[nH]c4cn3)n2)CC1. The van der Waals surface area contributed by atoms with Gasteiger partial charge in [0.2, 0.25) is 0 Å². The van der Waals surface area contributed by atoms with E-state index in [1.54, 1.807) is 36.8 Å². The average molecular weight is 403 g/mol. The van der Waals surface area contributed by atoms with Crippen LogP contribution in [0.3, 0.4) is 0 Å². The maximum absolute atomic E-state index is 14.3. The van der Waals surface area contributed by atoms with Gasteiger partial charge < -0.3 is 10.6 Å². The molecule has 0 bridgehead atoms. The number of rotatable bonds is 3. The Labute approximate surface area is 173 Å². The van der Waals surface area contributed by atoms with Crippen LogP contribution in [0.5, 0.6) is 0 Å². The van der Waals surface area contributed by atoms with Gasteiger partial charge in [-0.3, -0.25) is 15.1 Å². The Hall–Kier alpha value is -3.39. The highest BCUT2D eigenvalue weighted by Gasteiger charge is 2.18. The minimum absolute atomic E-state index is 0.244. The largest absolute Gasteiger partial charge is 0.355 e. The van der Waals surface area contributed by atoms with Gasteiger partial charge in [0.15, 0.2) is 0 Å². The first-order valence-corrected chi connectivity index (χ1v) is 10.1. The Morgan fingerprint density at radius 1 is 1.07 bits per heavy atom. The van der Waals surface area contributed by atoms with Gasteiger partial charge in [-0.15, -0.1) is 0 Å². The molecule has 7 nitrogen and oxygen atoms in total. The summed E-state index contributed by atoms with van der Waals surface area (Å²) in [6, 6.07) is 8.73. The van der Waals surface area contributed by atoms with Crippen molar-refractivity contribution in [2.45, 2.75) is 25.3 Å². The van der Waals surface area contributed by atoms with Crippen LogP contribution in [0.2, 0.25) is 0 Å². The zero-order valence-corrected chi connectivity index (χ0v) is 16.4. The molecular formula is C22H22FN7. The first-order chi connectivity index (χ1) is 14.7. The fourth-order valence-corrected chi connectivity index (χ4v) is 3.90. The first kappa shape index (κ1) is 18.6. The maximum atomic E-state index is 14.3. The molecule has 0 amide bonds. The number of fused-ring (bicyclic) bond motifs is 1. The number of nitrogens with two attached hydrogens (primary N) is 1. The second-order valence-corrected chi connectivity index (χ2v) is 7.61. The summed E-state index contributed by atoms with van der Waals surface area (Å²) < 4.78 is 14.3. The molecule has 1 atom stereocenters. The van der Waals surface area contributed by atoms with Crippen LogP contribution in [0, 0.1) is 5.82 Å². The highest BCUT2D eigenvalue weighted by atomic mass is 19.1. The molecule has 1 fully saturated rings. The number of H-pyrrole nitrogens is 1. The van der Waals surface area contributed by atoms with Crippen LogP contribution in [0.25, 0.3) is 33.5 Å². The first-order valence-electron chi connectivity index (χ1n) is 10.1. The van der Waals surface area contributed by atoms with Crippen molar-refractivity contribution in [2.24, 2.45) is 5.73 Å². The van der Waals surface area contributed by atoms with Crippen molar-refractivity contribution in [3.05, 3.63) is 54.7 Å². The molecule has 3 aromatic heterocycles. The van der Waals surface area contributed by atoms with Crippen LogP contribution in [0.1, 0.15) is 19.3 Å². The second-order valence-electron chi connectivity index (χ2n) is 7.61. The molecular weight excluding hydrogens is 381 g/mol. The van der Waals surface area contributed by atoms with Gasteiger partial charge in [0.1, 0.15) is 23.0 Å². The van der Waals surface area contributed by atoms with Crippen LogP contribution in [0.4, 0.5) is 10.2 Å². The third kappa shape index (κ3) is 3.50. The summed E-state index contributed by atoms with van der Waals surface area (Å²) in [6.45, 7) is 1.78. The fourth-order valence-electron chi connectivity index (χ4n) is 3.90. The monoisotopic (exact) mass is 403 g/mol. The van der Waals surface area contributed by atoms with Gasteiger partial charge in [-0.25, -0.2) is 9.37 Å². The van der Waals surface area contributed by atoms with Crippen LogP contribution in [-0.4, -0.2) is 44.3 Å². The molecule has 4 heterocycles. The lowest BCUT2D eigenvalue weighted by atomic mass is 10.1. The fraction of sp³-hybridized carbons (Fsp3) is 0.273. The molecule has 0 spiro atoms. The zero-order valence-electron chi connectivity index (χ0n) is 16.4. The van der Waals surface area contributed by atoms with E-state index >= 15 is 0 Å². The molecule has 3 N–H and O–H groups in total. The van der Waals surface area contributed by atoms with Crippen molar-refractivity contribution >= 4 is 16.7 Å². The minimum atomic E-state index is -0.314. The lowest BCUT2D eigenvalue weighted by Gasteiger charge is -2.21. The quantitative estimate of drug-likeness (QED) is 0.543. The Morgan fingerprint density at radius 3 is 2.87 bits per heavy atom. The molecule has 0 unspecified atom stereocenters. The van der Waals surface area contributed by atoms with E-state index in [2.05, 4.69) is 25.1 Å². The number of hydrogen-bond acceptors (Lipinski definition) is 6. The number of hydrogen-bond donors (Lipinski definition) is 2. The maximum Gasteiger partial charge on any atom is 0.147 e. The highest BCUT2D eigenvalue weighted by molar-refractivity contribution is 5.94. The molecule has 1 aliphatic heterocycles. The number of halogens is 1. The molecule has 0 saturated carbocycles. The van der Waals surface area contributed by atoms with Crippen LogP contribution in [0.15, 0.2) is 48.9 Å². The van der Waals surface area contributed by atoms with Crippen molar-refractivity contribution in [1.82, 2.24) is 25.1 Å². The average Bonchev–Trinajstić information content (AvgIpc) is 3.07. The van der Waals surface area contributed by atoms with Crippen molar-refractivity contribution < 1.29 is 4.39 Å². The Kier molecular flexibility index (Phi) is 4.84. The predicted octanol–water partition coefficient (Wildman–Crippen LogP) is 3.54. The number of pyridine rings is 1. The van der Waals surface area contributed by atoms with E-state index in [0.29, 0.717) is 22.6 Å². The summed E-state index contributed by atoms with van der Waals surface area (Å²) >= 11 is 0. The summed E-state index contributed by atoms with van der Waals surface area (Å²) in [4.78, 5) is 15.9. The van der Waals surface area contributed by atoms with Crippen LogP contribution in [-0.2, 0) is 0 Å². The normalized spacial score (nSPS) is 17.3. The van der Waals surface area contributed by atoms with Crippen LogP contribution < -0.4 is 10.6 Å². The van der Waals surface area contributed by atoms with Gasteiger partial charge in [0, 0.05) is 30.1 Å². The molecule has 5 rings (SSSR count). The van der Waals surface area contributed by atoms with E-state index in [1.165, 1.54) is 6.07 Å². The molecule has 1 aliphatic rings. The van der Waals surface area contributed by atoms with Gasteiger partial charge in [-0.05, 0) is 37.5 Å². The molecule has 1 saturated heterocycles. The molecule has 0 aliphatic carbocycles.